The van der Waals surface area contributed by atoms with Crippen LogP contribution in [0.25, 0.3) is 0 Å². The minimum absolute atomic E-state index is 0.135. The number of amides is 1. The summed E-state index contributed by atoms with van der Waals surface area (Å²) in [7, 11) is 0. The van der Waals surface area contributed by atoms with Crippen molar-refractivity contribution in [3.05, 3.63) is 12.3 Å². The lowest BCUT2D eigenvalue weighted by Gasteiger charge is -2.06. The zero-order valence-corrected chi connectivity index (χ0v) is 6.82. The largest absolute Gasteiger partial charge is 0.442 e. The molecular formula is C7H9N3O3. The van der Waals surface area contributed by atoms with Gasteiger partial charge in [0, 0.05) is 6.07 Å². The van der Waals surface area contributed by atoms with E-state index in [0.717, 1.165) is 0 Å². The molecule has 0 spiro atoms. The van der Waals surface area contributed by atoms with Crippen molar-refractivity contribution in [2.24, 2.45) is 0 Å². The molecule has 6 heteroatoms. The topological polar surface area (TPSA) is 76.4 Å². The Bertz CT molecular complexity index is 285. The summed E-state index contributed by atoms with van der Waals surface area (Å²) in [4.78, 5) is 10.6. The van der Waals surface area contributed by atoms with Crippen LogP contribution in [0, 0.1) is 0 Å². The molecule has 0 bridgehead atoms. The molecule has 6 nitrogen and oxygen atoms in total. The predicted octanol–water partition coefficient (Wildman–Crippen LogP) is 0.195. The maximum atomic E-state index is 10.6. The highest BCUT2D eigenvalue weighted by Gasteiger charge is 2.21. The van der Waals surface area contributed by atoms with Crippen molar-refractivity contribution in [1.29, 1.82) is 0 Å². The van der Waals surface area contributed by atoms with Gasteiger partial charge in [0.05, 0.1) is 13.1 Å². The summed E-state index contributed by atoms with van der Waals surface area (Å²) >= 11 is 0. The lowest BCUT2D eigenvalue weighted by molar-refractivity contribution is 0.145. The summed E-state index contributed by atoms with van der Waals surface area (Å²) in [5.41, 5.74) is 0. The summed E-state index contributed by atoms with van der Waals surface area (Å²) in [6, 6.07) is 1.70. The Kier molecular flexibility index (Phi) is 2.03. The molecule has 1 fully saturated rings. The minimum atomic E-state index is -0.369. The number of aromatic nitrogens is 1. The molecule has 1 unspecified atom stereocenters. The Morgan fingerprint density at radius 2 is 2.69 bits per heavy atom. The number of ether oxygens (including phenoxy) is 1. The van der Waals surface area contributed by atoms with Gasteiger partial charge in [-0.15, -0.1) is 0 Å². The van der Waals surface area contributed by atoms with Crippen molar-refractivity contribution in [3.8, 4) is 0 Å². The van der Waals surface area contributed by atoms with Crippen molar-refractivity contribution < 1.29 is 14.1 Å². The van der Waals surface area contributed by atoms with Crippen molar-refractivity contribution in [2.45, 2.75) is 6.10 Å². The molecule has 2 heterocycles. The van der Waals surface area contributed by atoms with E-state index in [-0.39, 0.29) is 12.2 Å². The molecule has 1 aliphatic rings. The molecule has 1 saturated heterocycles. The second kappa shape index (κ2) is 3.34. The molecule has 2 rings (SSSR count). The smallest absolute Gasteiger partial charge is 0.407 e. The van der Waals surface area contributed by atoms with Crippen LogP contribution in [0.4, 0.5) is 10.6 Å². The van der Waals surface area contributed by atoms with E-state index in [0.29, 0.717) is 18.9 Å². The van der Waals surface area contributed by atoms with Crippen LogP contribution in [0.5, 0.6) is 0 Å². The lowest BCUT2D eigenvalue weighted by atomic mass is 10.3. The SMILES string of the molecule is O=C1NCC(CNc2ccon2)O1. The molecule has 1 aromatic heterocycles. The Hall–Kier alpha value is -1.72. The van der Waals surface area contributed by atoms with Crippen LogP contribution < -0.4 is 10.6 Å². The third-order valence-electron chi connectivity index (χ3n) is 1.70. The van der Waals surface area contributed by atoms with Crippen LogP contribution in [0.2, 0.25) is 0 Å². The van der Waals surface area contributed by atoms with Gasteiger partial charge in [-0.05, 0) is 0 Å². The average Bonchev–Trinajstić information content (AvgIpc) is 2.71. The summed E-state index contributed by atoms with van der Waals surface area (Å²) in [5, 5.41) is 9.17. The monoisotopic (exact) mass is 183 g/mol. The number of anilines is 1. The number of rotatable bonds is 3. The fourth-order valence-corrected chi connectivity index (χ4v) is 1.07. The first kappa shape index (κ1) is 7.90. The Balaban J connectivity index is 1.77. The van der Waals surface area contributed by atoms with Gasteiger partial charge in [0.2, 0.25) is 0 Å². The van der Waals surface area contributed by atoms with Crippen molar-refractivity contribution in [3.63, 3.8) is 0 Å². The van der Waals surface area contributed by atoms with Gasteiger partial charge in [-0.3, -0.25) is 0 Å². The third kappa shape index (κ3) is 1.90. The second-order valence-electron chi connectivity index (χ2n) is 2.67. The van der Waals surface area contributed by atoms with E-state index >= 15 is 0 Å². The van der Waals surface area contributed by atoms with Gasteiger partial charge in [-0.25, -0.2) is 4.79 Å². The van der Waals surface area contributed by atoms with Crippen LogP contribution >= 0.6 is 0 Å². The zero-order chi connectivity index (χ0) is 9.10. The standard InChI is InChI=1S/C7H9N3O3/c11-7-9-4-5(13-7)3-8-6-1-2-12-10-6/h1-2,5H,3-4H2,(H,8,10)(H,9,11). The molecule has 1 aliphatic heterocycles. The number of nitrogens with zero attached hydrogens (tertiary/aromatic N) is 1. The number of nitrogens with one attached hydrogen (secondary N) is 2. The van der Waals surface area contributed by atoms with E-state index in [1.54, 1.807) is 6.07 Å². The van der Waals surface area contributed by atoms with Crippen LogP contribution in [-0.4, -0.2) is 30.4 Å². The molecule has 0 radical (unpaired) electrons. The number of hydrogen-bond donors (Lipinski definition) is 2. The van der Waals surface area contributed by atoms with E-state index in [4.69, 9.17) is 4.74 Å². The Morgan fingerprint density at radius 1 is 1.77 bits per heavy atom. The van der Waals surface area contributed by atoms with Gasteiger partial charge >= 0.3 is 6.09 Å². The highest BCUT2D eigenvalue weighted by atomic mass is 16.6. The number of hydrogen-bond acceptors (Lipinski definition) is 5. The van der Waals surface area contributed by atoms with Crippen LogP contribution in [0.1, 0.15) is 0 Å². The maximum absolute atomic E-state index is 10.6. The van der Waals surface area contributed by atoms with Gasteiger partial charge in [-0.2, -0.15) is 0 Å². The van der Waals surface area contributed by atoms with Crippen molar-refractivity contribution in [2.75, 3.05) is 18.4 Å². The van der Waals surface area contributed by atoms with Crippen molar-refractivity contribution >= 4 is 11.9 Å². The van der Waals surface area contributed by atoms with E-state index in [1.165, 1.54) is 6.26 Å². The molecule has 1 atom stereocenters. The minimum Gasteiger partial charge on any atom is -0.442 e. The summed E-state index contributed by atoms with van der Waals surface area (Å²) in [6.07, 6.45) is 0.970. The van der Waals surface area contributed by atoms with Crippen LogP contribution in [-0.2, 0) is 4.74 Å². The fraction of sp³-hybridized carbons (Fsp3) is 0.429. The van der Waals surface area contributed by atoms with Gasteiger partial charge in [-0.1, -0.05) is 5.16 Å². The maximum Gasteiger partial charge on any atom is 0.407 e. The second-order valence-corrected chi connectivity index (χ2v) is 2.67. The zero-order valence-electron chi connectivity index (χ0n) is 6.82. The number of carbonyl (C=O) groups excluding carboxylic acids is 1. The van der Waals surface area contributed by atoms with Crippen LogP contribution in [0.3, 0.4) is 0 Å². The predicted molar refractivity (Wildman–Crippen MR) is 43.3 cm³/mol. The summed E-state index contributed by atoms with van der Waals surface area (Å²) in [6.45, 7) is 1.06. The van der Waals surface area contributed by atoms with E-state index in [2.05, 4.69) is 20.3 Å². The first-order chi connectivity index (χ1) is 6.34. The van der Waals surface area contributed by atoms with Gasteiger partial charge in [0.25, 0.3) is 0 Å². The molecular weight excluding hydrogens is 174 g/mol. The fourth-order valence-electron chi connectivity index (χ4n) is 1.07. The molecule has 13 heavy (non-hydrogen) atoms. The number of cyclic esters (lactones) is 1. The number of alkyl carbamates (subject to hydrolysis) is 1. The Morgan fingerprint density at radius 3 is 3.31 bits per heavy atom. The molecule has 70 valence electrons. The van der Waals surface area contributed by atoms with E-state index in [1.807, 2.05) is 0 Å². The lowest BCUT2D eigenvalue weighted by Crippen LogP contribution is -2.23. The molecule has 0 saturated carbocycles. The van der Waals surface area contributed by atoms with E-state index in [9.17, 15) is 4.79 Å². The summed E-state index contributed by atoms with van der Waals surface area (Å²) in [5.74, 6) is 0.642. The first-order valence-corrected chi connectivity index (χ1v) is 3.93. The molecule has 0 aliphatic carbocycles. The molecule has 1 aromatic rings. The first-order valence-electron chi connectivity index (χ1n) is 3.93. The average molecular weight is 183 g/mol. The normalized spacial score (nSPS) is 20.9. The van der Waals surface area contributed by atoms with E-state index < -0.39 is 0 Å². The van der Waals surface area contributed by atoms with Gasteiger partial charge < -0.3 is 19.9 Å². The highest BCUT2D eigenvalue weighted by molar-refractivity contribution is 5.69. The number of carbonyl (C=O) groups is 1. The van der Waals surface area contributed by atoms with Crippen molar-refractivity contribution in [1.82, 2.24) is 10.5 Å². The van der Waals surface area contributed by atoms with Crippen LogP contribution in [0.15, 0.2) is 16.9 Å². The molecule has 0 aromatic carbocycles. The summed E-state index contributed by atoms with van der Waals surface area (Å²) < 4.78 is 9.50. The van der Waals surface area contributed by atoms with Gasteiger partial charge in [0.15, 0.2) is 5.82 Å². The molecule has 2 N–H and O–H groups in total. The third-order valence-corrected chi connectivity index (χ3v) is 1.70. The van der Waals surface area contributed by atoms with Gasteiger partial charge in [0.1, 0.15) is 12.4 Å². The highest BCUT2D eigenvalue weighted by Crippen LogP contribution is 2.04. The Labute approximate surface area is 74.2 Å². The molecule has 1 amide bonds. The quantitative estimate of drug-likeness (QED) is 0.699.